The second kappa shape index (κ2) is 8.83. The van der Waals surface area contributed by atoms with Gasteiger partial charge >= 0.3 is 0 Å². The van der Waals surface area contributed by atoms with E-state index in [0.29, 0.717) is 31.1 Å². The molecule has 3 aromatic heterocycles. The number of rotatable bonds is 8. The highest BCUT2D eigenvalue weighted by Crippen LogP contribution is 2.19. The van der Waals surface area contributed by atoms with Crippen LogP contribution in [0.1, 0.15) is 11.3 Å². The Morgan fingerprint density at radius 2 is 2.03 bits per heavy atom. The minimum absolute atomic E-state index is 0.152. The molecule has 0 saturated carbocycles. The van der Waals surface area contributed by atoms with Gasteiger partial charge in [0.2, 0.25) is 5.91 Å². The summed E-state index contributed by atoms with van der Waals surface area (Å²) in [6.45, 7) is 1.46. The van der Waals surface area contributed by atoms with Gasteiger partial charge in [-0.1, -0.05) is 30.3 Å². The summed E-state index contributed by atoms with van der Waals surface area (Å²) in [5, 5.41) is 11.3. The number of nitrogens with zero attached hydrogens (tertiary/aromatic N) is 4. The summed E-state index contributed by atoms with van der Waals surface area (Å²) in [7, 11) is 0. The molecule has 0 unspecified atom stereocenters. The molecule has 8 heteroatoms. The van der Waals surface area contributed by atoms with E-state index in [9.17, 15) is 4.79 Å². The van der Waals surface area contributed by atoms with Crippen LogP contribution in [0.5, 0.6) is 0 Å². The van der Waals surface area contributed by atoms with Gasteiger partial charge in [-0.05, 0) is 23.8 Å². The average molecular weight is 388 g/mol. The van der Waals surface area contributed by atoms with Gasteiger partial charge in [-0.2, -0.15) is 5.10 Å². The van der Waals surface area contributed by atoms with E-state index in [0.717, 1.165) is 16.7 Å². The quantitative estimate of drug-likeness (QED) is 0.451. The summed E-state index contributed by atoms with van der Waals surface area (Å²) in [6, 6.07) is 13.4. The number of hydrogen-bond acceptors (Lipinski definition) is 6. The molecule has 0 aliphatic rings. The first kappa shape index (κ1) is 18.4. The maximum atomic E-state index is 12.0. The van der Waals surface area contributed by atoms with Crippen LogP contribution in [0.25, 0.3) is 17.1 Å². The summed E-state index contributed by atoms with van der Waals surface area (Å²) in [6.07, 6.45) is 8.15. The van der Waals surface area contributed by atoms with Crippen molar-refractivity contribution in [2.45, 2.75) is 13.1 Å². The largest absolute Gasteiger partial charge is 0.467 e. The first-order valence-corrected chi connectivity index (χ1v) is 9.23. The van der Waals surface area contributed by atoms with Crippen LogP contribution in [-0.2, 0) is 17.9 Å². The highest BCUT2D eigenvalue weighted by molar-refractivity contribution is 5.91. The summed E-state index contributed by atoms with van der Waals surface area (Å²) in [5.74, 6) is 1.35. The van der Waals surface area contributed by atoms with Crippen LogP contribution >= 0.6 is 0 Å². The molecule has 1 amide bonds. The molecular weight excluding hydrogens is 368 g/mol. The summed E-state index contributed by atoms with van der Waals surface area (Å²) < 4.78 is 7.07. The topological polar surface area (TPSA) is 97.9 Å². The number of carbonyl (C=O) groups excluding carboxylic acids is 1. The molecule has 3 heterocycles. The second-order valence-corrected chi connectivity index (χ2v) is 6.30. The lowest BCUT2D eigenvalue weighted by molar-refractivity contribution is -0.116. The van der Waals surface area contributed by atoms with Crippen LogP contribution < -0.4 is 10.6 Å². The zero-order chi connectivity index (χ0) is 19.9. The third-order valence-corrected chi connectivity index (χ3v) is 4.29. The Labute approximate surface area is 167 Å². The Bertz CT molecular complexity index is 1100. The minimum Gasteiger partial charge on any atom is -0.467 e. The number of carbonyl (C=O) groups is 1. The van der Waals surface area contributed by atoms with E-state index in [4.69, 9.17) is 4.42 Å². The fraction of sp³-hybridized carbons (Fsp3) is 0.143. The van der Waals surface area contributed by atoms with Crippen molar-refractivity contribution < 1.29 is 9.21 Å². The smallest absolute Gasteiger partial charge is 0.244 e. The zero-order valence-corrected chi connectivity index (χ0v) is 15.7. The first-order valence-electron chi connectivity index (χ1n) is 9.23. The van der Waals surface area contributed by atoms with E-state index >= 15 is 0 Å². The van der Waals surface area contributed by atoms with Gasteiger partial charge in [-0.15, -0.1) is 0 Å². The number of hydrogen-bond donors (Lipinski definition) is 2. The number of anilines is 1. The number of aromatic nitrogens is 4. The van der Waals surface area contributed by atoms with Gasteiger partial charge < -0.3 is 15.1 Å². The van der Waals surface area contributed by atoms with Gasteiger partial charge in [0.1, 0.15) is 17.9 Å². The van der Waals surface area contributed by atoms with Crippen molar-refractivity contribution in [3.63, 3.8) is 0 Å². The fourth-order valence-electron chi connectivity index (χ4n) is 2.86. The molecule has 0 atom stereocenters. The maximum absolute atomic E-state index is 12.0. The number of nitrogens with one attached hydrogen (secondary N) is 2. The standard InChI is InChI=1S/C21H20N6O2/c28-19(9-8-16-5-2-1-3-6-16)22-10-11-27-21-18(14-26-27)20(24-15-25-21)23-13-17-7-4-12-29-17/h1-9,12,14-15H,10-11,13H2,(H,22,28)(H,23,24,25). The Morgan fingerprint density at radius 3 is 2.86 bits per heavy atom. The van der Waals surface area contributed by atoms with Crippen molar-refractivity contribution in [2.24, 2.45) is 0 Å². The highest BCUT2D eigenvalue weighted by Gasteiger charge is 2.10. The predicted octanol–water partition coefficient (Wildman–Crippen LogP) is 2.86. The van der Waals surface area contributed by atoms with Crippen molar-refractivity contribution in [1.29, 1.82) is 0 Å². The lowest BCUT2D eigenvalue weighted by atomic mass is 10.2. The third-order valence-electron chi connectivity index (χ3n) is 4.29. The molecule has 4 aromatic rings. The van der Waals surface area contributed by atoms with Crippen molar-refractivity contribution in [2.75, 3.05) is 11.9 Å². The minimum atomic E-state index is -0.152. The molecule has 4 rings (SSSR count). The number of furan rings is 1. The Kier molecular flexibility index (Phi) is 5.61. The predicted molar refractivity (Wildman–Crippen MR) is 110 cm³/mol. The molecule has 0 radical (unpaired) electrons. The van der Waals surface area contributed by atoms with Crippen LogP contribution in [-0.4, -0.2) is 32.2 Å². The average Bonchev–Trinajstić information content (AvgIpc) is 3.42. The lowest BCUT2D eigenvalue weighted by Gasteiger charge is -2.06. The molecule has 0 aliphatic heterocycles. The number of benzene rings is 1. The van der Waals surface area contributed by atoms with Crippen LogP contribution in [0.2, 0.25) is 0 Å². The van der Waals surface area contributed by atoms with Crippen LogP contribution in [0.3, 0.4) is 0 Å². The van der Waals surface area contributed by atoms with Gasteiger partial charge in [0.25, 0.3) is 0 Å². The van der Waals surface area contributed by atoms with E-state index in [1.54, 1.807) is 23.2 Å². The zero-order valence-electron chi connectivity index (χ0n) is 15.7. The first-order chi connectivity index (χ1) is 14.3. The Hall–Kier alpha value is -3.94. The van der Waals surface area contributed by atoms with Gasteiger partial charge in [0.05, 0.1) is 30.9 Å². The van der Waals surface area contributed by atoms with E-state index in [1.807, 2.05) is 42.5 Å². The molecule has 1 aromatic carbocycles. The number of amides is 1. The summed E-state index contributed by atoms with van der Waals surface area (Å²) >= 11 is 0. The Balaban J connectivity index is 1.34. The van der Waals surface area contributed by atoms with Crippen LogP contribution in [0.15, 0.2) is 71.7 Å². The third kappa shape index (κ3) is 4.67. The highest BCUT2D eigenvalue weighted by atomic mass is 16.3. The van der Waals surface area contributed by atoms with Crippen LogP contribution in [0, 0.1) is 0 Å². The summed E-state index contributed by atoms with van der Waals surface area (Å²) in [5.41, 5.74) is 1.68. The molecule has 0 saturated heterocycles. The molecule has 0 bridgehead atoms. The number of fused-ring (bicyclic) bond motifs is 1. The van der Waals surface area contributed by atoms with Crippen molar-refractivity contribution in [1.82, 2.24) is 25.1 Å². The van der Waals surface area contributed by atoms with Crippen molar-refractivity contribution in [3.8, 4) is 0 Å². The van der Waals surface area contributed by atoms with E-state index < -0.39 is 0 Å². The Morgan fingerprint density at radius 1 is 1.14 bits per heavy atom. The maximum Gasteiger partial charge on any atom is 0.244 e. The SMILES string of the molecule is O=C(C=Cc1ccccc1)NCCn1ncc2c(NCc3ccco3)ncnc21. The molecule has 0 aliphatic carbocycles. The van der Waals surface area contributed by atoms with Gasteiger partial charge in [-0.25, -0.2) is 14.6 Å². The molecular formula is C21H20N6O2. The molecule has 8 nitrogen and oxygen atoms in total. The normalized spacial score (nSPS) is 11.2. The van der Waals surface area contributed by atoms with Crippen molar-refractivity contribution >= 4 is 28.8 Å². The van der Waals surface area contributed by atoms with Gasteiger partial charge in [-0.3, -0.25) is 4.79 Å². The monoisotopic (exact) mass is 388 g/mol. The molecule has 2 N–H and O–H groups in total. The van der Waals surface area contributed by atoms with E-state index in [1.165, 1.54) is 12.4 Å². The molecule has 146 valence electrons. The van der Waals surface area contributed by atoms with E-state index in [-0.39, 0.29) is 5.91 Å². The molecule has 0 spiro atoms. The lowest BCUT2D eigenvalue weighted by Crippen LogP contribution is -2.25. The molecule has 0 fully saturated rings. The second-order valence-electron chi connectivity index (χ2n) is 6.30. The van der Waals surface area contributed by atoms with Crippen molar-refractivity contribution in [3.05, 3.63) is 78.7 Å². The van der Waals surface area contributed by atoms with Gasteiger partial charge in [0.15, 0.2) is 5.65 Å². The molecule has 29 heavy (non-hydrogen) atoms. The summed E-state index contributed by atoms with van der Waals surface area (Å²) in [4.78, 5) is 20.6. The fourth-order valence-corrected chi connectivity index (χ4v) is 2.86. The van der Waals surface area contributed by atoms with Crippen LogP contribution in [0.4, 0.5) is 5.82 Å². The van der Waals surface area contributed by atoms with E-state index in [2.05, 4.69) is 25.7 Å². The van der Waals surface area contributed by atoms with Gasteiger partial charge in [0, 0.05) is 12.6 Å².